The first kappa shape index (κ1) is 44.1. The highest BCUT2D eigenvalue weighted by Crippen LogP contribution is 2.40. The SMILES string of the molecule is [B]c1c([B])c(-n2c3c([B])c([B])c([B])c([B])c3c3c4c([B])c([B])c([B])c([B])c4c([B])c([B])c32)c([B])c([B])c1-c1cc(-c2nc(-c3ccccc3)nc(-c3ccccc3)n2)c2c(c1)oc1ccccc12. The molecule has 0 aliphatic carbocycles. The molecule has 11 aromatic rings. The quantitative estimate of drug-likeness (QED) is 0.166. The third kappa shape index (κ3) is 6.26. The van der Waals surface area contributed by atoms with Crippen molar-refractivity contribution in [2.75, 3.05) is 0 Å². The van der Waals surface area contributed by atoms with Crippen LogP contribution in [0.15, 0.2) is 101 Å². The molecule has 8 aromatic carbocycles. The first-order valence-electron chi connectivity index (χ1n) is 21.0. The largest absolute Gasteiger partial charge is 0.456 e. The molecule has 11 rings (SSSR count). The summed E-state index contributed by atoms with van der Waals surface area (Å²) in [5.74, 6) is 1.26. The van der Waals surface area contributed by atoms with Gasteiger partial charge in [0.25, 0.3) is 0 Å². The van der Waals surface area contributed by atoms with E-state index in [0.29, 0.717) is 45.2 Å². The van der Waals surface area contributed by atoms with Gasteiger partial charge in [0.2, 0.25) is 0 Å². The number of nitrogens with zero attached hydrogens (tertiary/aromatic N) is 4. The lowest BCUT2D eigenvalue weighted by Gasteiger charge is -2.27. The average Bonchev–Trinajstić information content (AvgIpc) is 3.91. The molecule has 0 spiro atoms. The zero-order valence-corrected chi connectivity index (χ0v) is 36.0. The Balaban J connectivity index is 1.24. The van der Waals surface area contributed by atoms with Gasteiger partial charge in [-0.25, -0.2) is 15.0 Å². The van der Waals surface area contributed by atoms with E-state index in [1.807, 2.05) is 97.1 Å². The Morgan fingerprint density at radius 2 is 0.794 bits per heavy atom. The van der Waals surface area contributed by atoms with E-state index in [0.717, 1.165) is 21.9 Å². The number of fused-ring (bicyclic) bond motifs is 8. The predicted octanol–water partition coefficient (Wildman–Crippen LogP) is -4.20. The third-order valence-electron chi connectivity index (χ3n) is 12.8. The summed E-state index contributed by atoms with van der Waals surface area (Å²) in [6, 6.07) is 30.6. The van der Waals surface area contributed by atoms with Crippen LogP contribution in [0.5, 0.6) is 0 Å². The van der Waals surface area contributed by atoms with Gasteiger partial charge in [-0.05, 0) is 40.1 Å². The maximum absolute atomic E-state index is 7.19. The highest BCUT2D eigenvalue weighted by Gasteiger charge is 2.28. The van der Waals surface area contributed by atoms with Crippen molar-refractivity contribution in [2.24, 2.45) is 0 Å². The molecule has 19 heteroatoms. The Labute approximate surface area is 410 Å². The van der Waals surface area contributed by atoms with Crippen LogP contribution < -0.4 is 76.5 Å². The second-order valence-corrected chi connectivity index (χ2v) is 16.6. The molecule has 5 nitrogen and oxygen atoms in total. The molecule has 0 amide bonds. The predicted molar refractivity (Wildman–Crippen MR) is 296 cm³/mol. The van der Waals surface area contributed by atoms with E-state index in [4.69, 9.17) is 129 Å². The number of rotatable bonds is 5. The van der Waals surface area contributed by atoms with Crippen molar-refractivity contribution >= 4 is 241 Å². The lowest BCUT2D eigenvalue weighted by Crippen LogP contribution is -2.50. The van der Waals surface area contributed by atoms with Gasteiger partial charge in [-0.2, -0.15) is 0 Å². The summed E-state index contributed by atoms with van der Waals surface area (Å²) in [7, 11) is 95.4. The normalized spacial score (nSPS) is 11.8. The zero-order valence-electron chi connectivity index (χ0n) is 36.0. The van der Waals surface area contributed by atoms with Gasteiger partial charge in [-0.1, -0.05) is 133 Å². The van der Waals surface area contributed by atoms with E-state index in [1.165, 1.54) is 0 Å². The lowest BCUT2D eigenvalue weighted by molar-refractivity contribution is 0.669. The van der Waals surface area contributed by atoms with Crippen molar-refractivity contribution in [3.63, 3.8) is 0 Å². The molecule has 280 valence electrons. The van der Waals surface area contributed by atoms with E-state index in [2.05, 4.69) is 0 Å². The Morgan fingerprint density at radius 1 is 0.338 bits per heavy atom. The molecule has 3 aromatic heterocycles. The van der Waals surface area contributed by atoms with Gasteiger partial charge in [-0.15, -0.1) is 21.9 Å². The number of hydrogen-bond donors (Lipinski definition) is 0. The fraction of sp³-hybridized carbons (Fsp3) is 0. The minimum absolute atomic E-state index is 0.00117. The monoisotopic (exact) mass is 830 g/mol. The standard InChI is InChI=1S/C49H16B14N4O/c50-30-24(19-15-21(25-20-13-7-8-14-22(20)68-23(25)16-19)49-65-47(17-9-3-1-4-10-17)64-48(66-49)18-11-5-2-6-12-18)31(51)42(62)46(41(30)61)67-44-27(29-35(55)38(58)39(59)43(63)45(29)67)26-28(34(54)40(44)60)33(53)37(57)36(56)32(26)52/h1-16H. The molecule has 0 fully saturated rings. The Kier molecular flexibility index (Phi) is 10.4. The van der Waals surface area contributed by atoms with Gasteiger partial charge in [0.1, 0.15) is 121 Å². The van der Waals surface area contributed by atoms with Crippen molar-refractivity contribution in [1.29, 1.82) is 0 Å². The van der Waals surface area contributed by atoms with Crippen LogP contribution >= 0.6 is 0 Å². The molecular formula is C49H16B14N4O. The molecule has 0 atom stereocenters. The molecule has 0 saturated carbocycles. The van der Waals surface area contributed by atoms with Crippen molar-refractivity contribution in [1.82, 2.24) is 19.5 Å². The van der Waals surface area contributed by atoms with Crippen LogP contribution in [-0.2, 0) is 0 Å². The van der Waals surface area contributed by atoms with E-state index in [9.17, 15) is 0 Å². The smallest absolute Gasteiger partial charge is 0.164 e. The molecule has 3 heterocycles. The van der Waals surface area contributed by atoms with Crippen LogP contribution in [0.2, 0.25) is 0 Å². The molecular weight excluding hydrogens is 812 g/mol. The number of furan rings is 1. The van der Waals surface area contributed by atoms with Gasteiger partial charge < -0.3 is 8.98 Å². The van der Waals surface area contributed by atoms with Crippen molar-refractivity contribution in [3.8, 4) is 51.0 Å². The summed E-state index contributed by atoms with van der Waals surface area (Å²) in [5.41, 5.74) is 4.51. The van der Waals surface area contributed by atoms with Gasteiger partial charge in [0, 0.05) is 55.0 Å². The minimum Gasteiger partial charge on any atom is -0.456 e. The van der Waals surface area contributed by atoms with Crippen LogP contribution in [0.3, 0.4) is 0 Å². The molecule has 0 N–H and O–H groups in total. The highest BCUT2D eigenvalue weighted by molar-refractivity contribution is 6.74. The summed E-state index contributed by atoms with van der Waals surface area (Å²) in [6.07, 6.45) is 0. The molecule has 0 saturated heterocycles. The van der Waals surface area contributed by atoms with Crippen molar-refractivity contribution < 1.29 is 4.42 Å². The first-order chi connectivity index (χ1) is 32.6. The van der Waals surface area contributed by atoms with Crippen molar-refractivity contribution in [2.45, 2.75) is 0 Å². The summed E-state index contributed by atoms with van der Waals surface area (Å²) >= 11 is 0. The molecule has 0 aliphatic rings. The summed E-state index contributed by atoms with van der Waals surface area (Å²) < 4.78 is 8.09. The fourth-order valence-corrected chi connectivity index (χ4v) is 9.47. The number of hydrogen-bond acceptors (Lipinski definition) is 4. The van der Waals surface area contributed by atoms with Crippen LogP contribution in [0, 0.1) is 0 Å². The minimum atomic E-state index is -0.0367. The maximum Gasteiger partial charge on any atom is 0.164 e. The van der Waals surface area contributed by atoms with Crippen LogP contribution in [0.4, 0.5) is 0 Å². The lowest BCUT2D eigenvalue weighted by atomic mass is 9.61. The average molecular weight is 828 g/mol. The Hall–Kier alpha value is -6.46. The second kappa shape index (κ2) is 16.1. The number of benzene rings is 8. The third-order valence-corrected chi connectivity index (χ3v) is 12.8. The molecule has 0 aliphatic heterocycles. The first-order valence-corrected chi connectivity index (χ1v) is 21.0. The molecule has 68 heavy (non-hydrogen) atoms. The Bertz CT molecular complexity index is 3940. The van der Waals surface area contributed by atoms with Gasteiger partial charge in [0.05, 0.1) is 0 Å². The van der Waals surface area contributed by atoms with Gasteiger partial charge >= 0.3 is 0 Å². The fourth-order valence-electron chi connectivity index (χ4n) is 9.47. The topological polar surface area (TPSA) is 56.7 Å². The summed E-state index contributed by atoms with van der Waals surface area (Å²) in [4.78, 5) is 15.1. The van der Waals surface area contributed by atoms with E-state index in [1.54, 1.807) is 4.57 Å². The number of aromatic nitrogens is 4. The van der Waals surface area contributed by atoms with E-state index < -0.39 is 0 Å². The molecule has 28 radical (unpaired) electrons. The Morgan fingerprint density at radius 3 is 1.38 bits per heavy atom. The number of para-hydroxylation sites is 1. The van der Waals surface area contributed by atoms with Crippen molar-refractivity contribution in [3.05, 3.63) is 97.1 Å². The van der Waals surface area contributed by atoms with Gasteiger partial charge in [-0.3, -0.25) is 0 Å². The van der Waals surface area contributed by atoms with Crippen LogP contribution in [-0.4, -0.2) is 129 Å². The zero-order chi connectivity index (χ0) is 47.8. The molecule has 0 unspecified atom stereocenters. The summed E-state index contributed by atoms with van der Waals surface area (Å²) in [5, 5.41) is 2.61. The van der Waals surface area contributed by atoms with Gasteiger partial charge in [0.15, 0.2) is 17.5 Å². The molecule has 0 bridgehead atoms. The van der Waals surface area contributed by atoms with E-state index >= 15 is 0 Å². The van der Waals surface area contributed by atoms with Crippen LogP contribution in [0.1, 0.15) is 0 Å². The highest BCUT2D eigenvalue weighted by atomic mass is 16.3. The van der Waals surface area contributed by atoms with E-state index in [-0.39, 0.29) is 115 Å². The maximum atomic E-state index is 7.19. The van der Waals surface area contributed by atoms with Crippen LogP contribution in [0.25, 0.3) is 105 Å². The summed E-state index contributed by atoms with van der Waals surface area (Å²) in [6.45, 7) is 0. The second-order valence-electron chi connectivity index (χ2n) is 16.6.